The molecule has 0 saturated heterocycles. The molecule has 5 nitrogen and oxygen atoms in total. The summed E-state index contributed by atoms with van der Waals surface area (Å²) in [5.41, 5.74) is 0.423. The summed E-state index contributed by atoms with van der Waals surface area (Å²) in [6, 6.07) is 3.45. The number of halogens is 1. The highest BCUT2D eigenvalue weighted by molar-refractivity contribution is 9.10. The van der Waals surface area contributed by atoms with Crippen molar-refractivity contribution in [3.63, 3.8) is 0 Å². The summed E-state index contributed by atoms with van der Waals surface area (Å²) in [5, 5.41) is 0. The third-order valence-corrected chi connectivity index (χ3v) is 2.84. The van der Waals surface area contributed by atoms with Gasteiger partial charge in [-0.3, -0.25) is 9.78 Å². The van der Waals surface area contributed by atoms with Gasteiger partial charge in [0.15, 0.2) is 6.10 Å². The lowest BCUT2D eigenvalue weighted by Gasteiger charge is -2.18. The quantitative estimate of drug-likeness (QED) is 0.614. The van der Waals surface area contributed by atoms with Crippen LogP contribution in [-0.2, 0) is 19.1 Å². The van der Waals surface area contributed by atoms with E-state index in [0.29, 0.717) is 10.2 Å². The highest BCUT2D eigenvalue weighted by Crippen LogP contribution is 2.29. The lowest BCUT2D eigenvalue weighted by Crippen LogP contribution is -2.19. The van der Waals surface area contributed by atoms with E-state index in [4.69, 9.17) is 9.47 Å². The van der Waals surface area contributed by atoms with Crippen molar-refractivity contribution in [2.75, 3.05) is 6.61 Å². The van der Waals surface area contributed by atoms with Gasteiger partial charge in [0.1, 0.15) is 0 Å². The van der Waals surface area contributed by atoms with Crippen molar-refractivity contribution in [3.8, 4) is 0 Å². The lowest BCUT2D eigenvalue weighted by molar-refractivity contribution is -0.148. The number of carbonyl (C=O) groups is 2. The largest absolute Gasteiger partial charge is 0.463 e. The van der Waals surface area contributed by atoms with Crippen LogP contribution in [0.1, 0.15) is 25.6 Å². The molecule has 0 amide bonds. The molecule has 1 rings (SSSR count). The second-order valence-corrected chi connectivity index (χ2v) is 4.46. The molecule has 1 unspecified atom stereocenters. The van der Waals surface area contributed by atoms with Gasteiger partial charge in [0.2, 0.25) is 0 Å². The van der Waals surface area contributed by atoms with Crippen molar-refractivity contribution in [1.82, 2.24) is 4.98 Å². The molecular formula is C13H14BrNO4. The van der Waals surface area contributed by atoms with E-state index >= 15 is 0 Å². The molecular weight excluding hydrogens is 314 g/mol. The SMILES string of the molecule is C=C(C(=O)OCC)C(OC(C)=O)c1ncccc1Br. The molecule has 0 aliphatic rings. The summed E-state index contributed by atoms with van der Waals surface area (Å²) in [7, 11) is 0. The van der Waals surface area contributed by atoms with Gasteiger partial charge in [0.25, 0.3) is 0 Å². The van der Waals surface area contributed by atoms with E-state index in [-0.39, 0.29) is 12.2 Å². The van der Waals surface area contributed by atoms with E-state index in [9.17, 15) is 9.59 Å². The monoisotopic (exact) mass is 327 g/mol. The van der Waals surface area contributed by atoms with Crippen LogP contribution in [0.15, 0.2) is 35.0 Å². The molecule has 0 bridgehead atoms. The van der Waals surface area contributed by atoms with Gasteiger partial charge in [-0.1, -0.05) is 6.58 Å². The van der Waals surface area contributed by atoms with Crippen molar-refractivity contribution < 1.29 is 19.1 Å². The molecule has 0 fully saturated rings. The first-order valence-corrected chi connectivity index (χ1v) is 6.40. The van der Waals surface area contributed by atoms with Crippen LogP contribution in [-0.4, -0.2) is 23.5 Å². The first kappa shape index (κ1) is 15.4. The summed E-state index contributed by atoms with van der Waals surface area (Å²) in [6.45, 7) is 6.78. The maximum Gasteiger partial charge on any atom is 0.337 e. The molecule has 0 saturated carbocycles. The van der Waals surface area contributed by atoms with Gasteiger partial charge in [-0.25, -0.2) is 4.79 Å². The molecule has 0 radical (unpaired) electrons. The van der Waals surface area contributed by atoms with Crippen LogP contribution in [0, 0.1) is 0 Å². The Hall–Kier alpha value is -1.69. The van der Waals surface area contributed by atoms with Crippen molar-refractivity contribution in [2.45, 2.75) is 20.0 Å². The normalized spacial score (nSPS) is 11.5. The Morgan fingerprint density at radius 2 is 2.21 bits per heavy atom. The summed E-state index contributed by atoms with van der Waals surface area (Å²) in [6.07, 6.45) is 0.571. The number of esters is 2. The van der Waals surface area contributed by atoms with Gasteiger partial charge in [0, 0.05) is 17.6 Å². The maximum absolute atomic E-state index is 11.7. The number of pyridine rings is 1. The fraction of sp³-hybridized carbons (Fsp3) is 0.308. The average Bonchev–Trinajstić information content (AvgIpc) is 2.36. The Kier molecular flexibility index (Phi) is 5.69. The molecule has 6 heteroatoms. The third kappa shape index (κ3) is 4.17. The molecule has 0 aliphatic heterocycles. The van der Waals surface area contributed by atoms with E-state index in [1.165, 1.54) is 13.1 Å². The van der Waals surface area contributed by atoms with Crippen LogP contribution in [0.5, 0.6) is 0 Å². The minimum absolute atomic E-state index is 0.0245. The van der Waals surface area contributed by atoms with Gasteiger partial charge < -0.3 is 9.47 Å². The molecule has 0 aliphatic carbocycles. The van der Waals surface area contributed by atoms with Gasteiger partial charge >= 0.3 is 11.9 Å². The zero-order valence-corrected chi connectivity index (χ0v) is 12.3. The first-order chi connectivity index (χ1) is 8.97. The number of carbonyl (C=O) groups excluding carboxylic acids is 2. The molecule has 0 N–H and O–H groups in total. The fourth-order valence-electron chi connectivity index (χ4n) is 1.38. The fourth-order valence-corrected chi connectivity index (χ4v) is 1.84. The van der Waals surface area contributed by atoms with E-state index < -0.39 is 18.0 Å². The highest BCUT2D eigenvalue weighted by Gasteiger charge is 2.27. The Labute approximate surface area is 119 Å². The van der Waals surface area contributed by atoms with Crippen molar-refractivity contribution in [1.29, 1.82) is 0 Å². The van der Waals surface area contributed by atoms with Gasteiger partial charge in [-0.05, 0) is 35.0 Å². The van der Waals surface area contributed by atoms with Crippen LogP contribution in [0.4, 0.5) is 0 Å². The number of aromatic nitrogens is 1. The number of ether oxygens (including phenoxy) is 2. The van der Waals surface area contributed by atoms with Crippen LogP contribution in [0.2, 0.25) is 0 Å². The average molecular weight is 328 g/mol. The van der Waals surface area contributed by atoms with E-state index in [1.54, 1.807) is 19.1 Å². The van der Waals surface area contributed by atoms with E-state index in [0.717, 1.165) is 0 Å². The Balaban J connectivity index is 3.08. The zero-order chi connectivity index (χ0) is 14.4. The van der Waals surface area contributed by atoms with Crippen LogP contribution < -0.4 is 0 Å². The second-order valence-electron chi connectivity index (χ2n) is 3.61. The standard InChI is InChI=1S/C13H14BrNO4/c1-4-18-13(17)8(2)12(19-9(3)16)11-10(14)6-5-7-15-11/h5-7,12H,2,4H2,1,3H3. The van der Waals surface area contributed by atoms with Gasteiger partial charge in [-0.15, -0.1) is 0 Å². The second kappa shape index (κ2) is 7.04. The highest BCUT2D eigenvalue weighted by atomic mass is 79.9. The molecule has 19 heavy (non-hydrogen) atoms. The Morgan fingerprint density at radius 1 is 1.53 bits per heavy atom. The lowest BCUT2D eigenvalue weighted by atomic mass is 10.1. The van der Waals surface area contributed by atoms with Crippen molar-refractivity contribution in [3.05, 3.63) is 40.6 Å². The predicted octanol–water partition coefficient (Wildman–Crippen LogP) is 2.57. The zero-order valence-electron chi connectivity index (χ0n) is 10.7. The number of hydrogen-bond donors (Lipinski definition) is 0. The van der Waals surface area contributed by atoms with Crippen LogP contribution in [0.3, 0.4) is 0 Å². The topological polar surface area (TPSA) is 65.5 Å². The molecule has 102 valence electrons. The van der Waals surface area contributed by atoms with Gasteiger partial charge in [-0.2, -0.15) is 0 Å². The van der Waals surface area contributed by atoms with E-state index in [1.807, 2.05) is 0 Å². The van der Waals surface area contributed by atoms with Crippen LogP contribution >= 0.6 is 15.9 Å². The maximum atomic E-state index is 11.7. The number of rotatable bonds is 5. The summed E-state index contributed by atoms with van der Waals surface area (Å²) in [5.74, 6) is -1.15. The first-order valence-electron chi connectivity index (χ1n) is 5.61. The van der Waals surface area contributed by atoms with Crippen molar-refractivity contribution in [2.24, 2.45) is 0 Å². The molecule has 0 spiro atoms. The molecule has 1 aromatic heterocycles. The van der Waals surface area contributed by atoms with Crippen LogP contribution in [0.25, 0.3) is 0 Å². The number of hydrogen-bond acceptors (Lipinski definition) is 5. The van der Waals surface area contributed by atoms with Gasteiger partial charge in [0.05, 0.1) is 17.9 Å². The van der Waals surface area contributed by atoms with E-state index in [2.05, 4.69) is 27.5 Å². The Bertz CT molecular complexity index is 501. The third-order valence-electron chi connectivity index (χ3n) is 2.17. The number of nitrogens with zero attached hydrogens (tertiary/aromatic N) is 1. The predicted molar refractivity (Wildman–Crippen MR) is 72.2 cm³/mol. The summed E-state index contributed by atoms with van der Waals surface area (Å²) in [4.78, 5) is 27.0. The molecule has 1 heterocycles. The smallest absolute Gasteiger partial charge is 0.337 e. The molecule has 1 aromatic rings. The van der Waals surface area contributed by atoms with Crippen molar-refractivity contribution >= 4 is 27.9 Å². The minimum atomic E-state index is -0.966. The molecule has 0 aromatic carbocycles. The summed E-state index contributed by atoms with van der Waals surface area (Å²) >= 11 is 3.30. The summed E-state index contributed by atoms with van der Waals surface area (Å²) < 4.78 is 10.6. The molecule has 1 atom stereocenters. The Morgan fingerprint density at radius 3 is 2.74 bits per heavy atom. The minimum Gasteiger partial charge on any atom is -0.463 e.